The van der Waals surface area contributed by atoms with Gasteiger partial charge in [-0.15, -0.1) is 5.10 Å². The number of amides is 1. The lowest BCUT2D eigenvalue weighted by atomic mass is 9.49. The van der Waals surface area contributed by atoms with E-state index in [1.54, 1.807) is 6.20 Å². The van der Waals surface area contributed by atoms with Gasteiger partial charge in [-0.3, -0.25) is 4.79 Å². The van der Waals surface area contributed by atoms with Gasteiger partial charge in [-0.05, 0) is 62.7 Å². The zero-order valence-electron chi connectivity index (χ0n) is 13.0. The topological polar surface area (TPSA) is 51.0 Å². The molecule has 4 saturated carbocycles. The van der Waals surface area contributed by atoms with Crippen LogP contribution in [0.1, 0.15) is 51.0 Å². The average Bonchev–Trinajstić information content (AvgIpc) is 3.16. The molecule has 118 valence electrons. The number of hydrogen-bond donors (Lipinski definition) is 0. The van der Waals surface area contributed by atoms with Crippen molar-refractivity contribution in [1.82, 2.24) is 19.9 Å². The van der Waals surface area contributed by atoms with Crippen molar-refractivity contribution in [2.45, 2.75) is 51.0 Å². The van der Waals surface area contributed by atoms with E-state index < -0.39 is 0 Å². The molecule has 1 saturated heterocycles. The van der Waals surface area contributed by atoms with Gasteiger partial charge in [0.05, 0.1) is 17.7 Å². The molecule has 22 heavy (non-hydrogen) atoms. The first-order valence-electron chi connectivity index (χ1n) is 8.87. The Morgan fingerprint density at radius 1 is 1.09 bits per heavy atom. The summed E-state index contributed by atoms with van der Waals surface area (Å²) in [6.07, 6.45) is 12.4. The lowest BCUT2D eigenvalue weighted by Crippen LogP contribution is -2.54. The van der Waals surface area contributed by atoms with Crippen molar-refractivity contribution < 1.29 is 4.79 Å². The van der Waals surface area contributed by atoms with E-state index in [9.17, 15) is 4.79 Å². The van der Waals surface area contributed by atoms with Gasteiger partial charge in [-0.1, -0.05) is 5.21 Å². The van der Waals surface area contributed by atoms with Crippen LogP contribution in [0.15, 0.2) is 12.4 Å². The van der Waals surface area contributed by atoms with Gasteiger partial charge in [0.1, 0.15) is 0 Å². The molecule has 0 N–H and O–H groups in total. The quantitative estimate of drug-likeness (QED) is 0.842. The summed E-state index contributed by atoms with van der Waals surface area (Å²) in [5.74, 6) is 2.98. The van der Waals surface area contributed by atoms with Crippen molar-refractivity contribution in [3.8, 4) is 0 Å². The van der Waals surface area contributed by atoms with Crippen molar-refractivity contribution in [2.24, 2.45) is 23.2 Å². The Kier molecular flexibility index (Phi) is 2.71. The van der Waals surface area contributed by atoms with Gasteiger partial charge in [-0.2, -0.15) is 0 Å². The fraction of sp³-hybridized carbons (Fsp3) is 0.824. The van der Waals surface area contributed by atoms with Gasteiger partial charge in [0.15, 0.2) is 0 Å². The van der Waals surface area contributed by atoms with Crippen LogP contribution < -0.4 is 0 Å². The maximum atomic E-state index is 13.3. The highest BCUT2D eigenvalue weighted by molar-refractivity contribution is 5.83. The summed E-state index contributed by atoms with van der Waals surface area (Å²) in [7, 11) is 0. The van der Waals surface area contributed by atoms with E-state index in [-0.39, 0.29) is 5.41 Å². The van der Waals surface area contributed by atoms with E-state index in [0.717, 1.165) is 37.3 Å². The highest BCUT2D eigenvalue weighted by Gasteiger charge is 2.56. The van der Waals surface area contributed by atoms with Crippen molar-refractivity contribution in [2.75, 3.05) is 13.1 Å². The summed E-state index contributed by atoms with van der Waals surface area (Å²) in [5.41, 5.74) is 0.00596. The second-order valence-electron chi connectivity index (χ2n) is 8.27. The Balaban J connectivity index is 1.35. The molecule has 5 nitrogen and oxygen atoms in total. The lowest BCUT2D eigenvalue weighted by Gasteiger charge is -2.56. The summed E-state index contributed by atoms with van der Waals surface area (Å²) in [5, 5.41) is 8.01. The second kappa shape index (κ2) is 4.56. The third-order valence-corrected chi connectivity index (χ3v) is 6.76. The smallest absolute Gasteiger partial charge is 0.228 e. The average molecular weight is 300 g/mol. The molecule has 4 aliphatic carbocycles. The molecule has 0 radical (unpaired) electrons. The summed E-state index contributed by atoms with van der Waals surface area (Å²) in [6.45, 7) is 1.72. The Bertz CT molecular complexity index is 546. The SMILES string of the molecule is O=C(N1CCC(n2ccnn2)C1)C12CC3CC(CC(C3)C1)C2. The van der Waals surface area contributed by atoms with Crippen molar-refractivity contribution in [1.29, 1.82) is 0 Å². The molecule has 5 heteroatoms. The minimum absolute atomic E-state index is 0.00596. The predicted molar refractivity (Wildman–Crippen MR) is 80.9 cm³/mol. The molecular formula is C17H24N4O. The fourth-order valence-corrected chi connectivity index (χ4v) is 6.26. The zero-order chi connectivity index (χ0) is 14.7. The molecule has 0 aromatic carbocycles. The minimum atomic E-state index is 0.00596. The van der Waals surface area contributed by atoms with Crippen LogP contribution in [0.5, 0.6) is 0 Å². The molecule has 5 fully saturated rings. The summed E-state index contributed by atoms with van der Waals surface area (Å²) >= 11 is 0. The number of nitrogens with zero attached hydrogens (tertiary/aromatic N) is 4. The molecule has 2 heterocycles. The third-order valence-electron chi connectivity index (χ3n) is 6.76. The summed E-state index contributed by atoms with van der Waals surface area (Å²) in [4.78, 5) is 15.4. The standard InChI is InChI=1S/C17H24N4O/c22-16(20-3-1-15(11-20)21-4-2-18-19-21)17-8-12-5-13(9-17)7-14(6-12)10-17/h2,4,12-15H,1,3,5-11H2. The number of aromatic nitrogens is 3. The van der Waals surface area contributed by atoms with E-state index in [4.69, 9.17) is 0 Å². The monoisotopic (exact) mass is 300 g/mol. The minimum Gasteiger partial charge on any atom is -0.340 e. The van der Waals surface area contributed by atoms with Crippen LogP contribution >= 0.6 is 0 Å². The first-order valence-corrected chi connectivity index (χ1v) is 8.87. The van der Waals surface area contributed by atoms with E-state index >= 15 is 0 Å². The number of hydrogen-bond acceptors (Lipinski definition) is 3. The largest absolute Gasteiger partial charge is 0.340 e. The van der Waals surface area contributed by atoms with Gasteiger partial charge in [-0.25, -0.2) is 4.68 Å². The first kappa shape index (κ1) is 13.1. The lowest BCUT2D eigenvalue weighted by molar-refractivity contribution is -0.156. The second-order valence-corrected chi connectivity index (χ2v) is 8.27. The summed E-state index contributed by atoms with van der Waals surface area (Å²) < 4.78 is 1.92. The van der Waals surface area contributed by atoms with Gasteiger partial charge in [0.25, 0.3) is 0 Å². The van der Waals surface area contributed by atoms with Crippen LogP contribution in [0.3, 0.4) is 0 Å². The molecule has 0 spiro atoms. The Hall–Kier alpha value is -1.39. The van der Waals surface area contributed by atoms with Crippen molar-refractivity contribution in [3.05, 3.63) is 12.4 Å². The molecule has 1 unspecified atom stereocenters. The first-order chi connectivity index (χ1) is 10.7. The molecule has 6 rings (SSSR count). The highest BCUT2D eigenvalue weighted by atomic mass is 16.2. The Labute approximate surface area is 131 Å². The van der Waals surface area contributed by atoms with Crippen LogP contribution in [-0.2, 0) is 4.79 Å². The number of carbonyl (C=O) groups excluding carboxylic acids is 1. The van der Waals surface area contributed by atoms with Crippen molar-refractivity contribution in [3.63, 3.8) is 0 Å². The van der Waals surface area contributed by atoms with Crippen LogP contribution in [0.4, 0.5) is 0 Å². The van der Waals surface area contributed by atoms with Crippen LogP contribution in [0.2, 0.25) is 0 Å². The molecule has 4 bridgehead atoms. The van der Waals surface area contributed by atoms with E-state index in [1.165, 1.54) is 38.5 Å². The Morgan fingerprint density at radius 3 is 2.36 bits per heavy atom. The predicted octanol–water partition coefficient (Wildman–Crippen LogP) is 2.27. The van der Waals surface area contributed by atoms with E-state index in [2.05, 4.69) is 15.2 Å². The van der Waals surface area contributed by atoms with Gasteiger partial charge in [0.2, 0.25) is 5.91 Å². The number of rotatable bonds is 2. The van der Waals surface area contributed by atoms with Crippen molar-refractivity contribution >= 4 is 5.91 Å². The fourth-order valence-electron chi connectivity index (χ4n) is 6.26. The van der Waals surface area contributed by atoms with Gasteiger partial charge in [0, 0.05) is 19.3 Å². The molecular weight excluding hydrogens is 276 g/mol. The number of likely N-dealkylation sites (tertiary alicyclic amines) is 1. The third kappa shape index (κ3) is 1.87. The van der Waals surface area contributed by atoms with Gasteiger partial charge >= 0.3 is 0 Å². The highest BCUT2D eigenvalue weighted by Crippen LogP contribution is 2.60. The number of carbonyl (C=O) groups is 1. The summed E-state index contributed by atoms with van der Waals surface area (Å²) in [6, 6.07) is 0.320. The molecule has 1 aromatic rings. The van der Waals surface area contributed by atoms with Crippen LogP contribution in [-0.4, -0.2) is 38.9 Å². The van der Waals surface area contributed by atoms with Crippen LogP contribution in [0.25, 0.3) is 0 Å². The zero-order valence-corrected chi connectivity index (χ0v) is 13.0. The van der Waals surface area contributed by atoms with E-state index in [1.807, 2.05) is 10.9 Å². The molecule has 1 aromatic heterocycles. The molecule has 1 amide bonds. The molecule has 1 aliphatic heterocycles. The Morgan fingerprint density at radius 2 is 1.77 bits per heavy atom. The maximum Gasteiger partial charge on any atom is 0.228 e. The maximum absolute atomic E-state index is 13.3. The van der Waals surface area contributed by atoms with Crippen LogP contribution in [0, 0.1) is 23.2 Å². The van der Waals surface area contributed by atoms with Gasteiger partial charge < -0.3 is 4.90 Å². The van der Waals surface area contributed by atoms with E-state index in [0.29, 0.717) is 11.9 Å². The normalized spacial score (nSPS) is 43.0. The molecule has 5 aliphatic rings. The molecule has 1 atom stereocenters.